The Kier molecular flexibility index (Phi) is 11.0. The van der Waals surface area contributed by atoms with Crippen LogP contribution in [0.15, 0.2) is 102 Å². The number of carbonyl (C=O) groups excluding carboxylic acids is 2. The molecule has 0 aliphatic rings. The molecule has 0 saturated carbocycles. The van der Waals surface area contributed by atoms with Gasteiger partial charge in [-0.25, -0.2) is 8.42 Å². The van der Waals surface area contributed by atoms with Gasteiger partial charge < -0.3 is 10.2 Å². The number of carbonyl (C=O) groups is 2. The lowest BCUT2D eigenvalue weighted by Gasteiger charge is -2.35. The van der Waals surface area contributed by atoms with Gasteiger partial charge in [0.2, 0.25) is 11.8 Å². The van der Waals surface area contributed by atoms with Crippen molar-refractivity contribution >= 4 is 39.1 Å². The second-order valence-electron chi connectivity index (χ2n) is 12.7. The van der Waals surface area contributed by atoms with E-state index in [2.05, 4.69) is 5.32 Å². The Hall–Kier alpha value is -4.14. The highest BCUT2D eigenvalue weighted by Gasteiger charge is 2.36. The van der Waals surface area contributed by atoms with Gasteiger partial charge in [-0.2, -0.15) is 0 Å². The van der Waals surface area contributed by atoms with E-state index in [1.807, 2.05) is 89.2 Å². The molecular weight excluding hydrogens is 618 g/mol. The number of rotatable bonds is 11. The maximum atomic E-state index is 14.6. The molecular formula is C37H42ClN3O4S. The molecule has 1 unspecified atom stereocenters. The van der Waals surface area contributed by atoms with Gasteiger partial charge in [-0.3, -0.25) is 13.9 Å². The number of nitrogens with one attached hydrogen (secondary N) is 1. The first-order valence-corrected chi connectivity index (χ1v) is 17.0. The number of nitrogens with zero attached hydrogens (tertiary/aromatic N) is 2. The largest absolute Gasteiger partial charge is 0.350 e. The number of sulfonamides is 1. The van der Waals surface area contributed by atoms with E-state index in [0.29, 0.717) is 10.6 Å². The maximum absolute atomic E-state index is 14.6. The van der Waals surface area contributed by atoms with Gasteiger partial charge >= 0.3 is 0 Å². The molecule has 4 aromatic rings. The molecule has 4 rings (SSSR count). The van der Waals surface area contributed by atoms with Crippen LogP contribution in [-0.2, 0) is 32.6 Å². The summed E-state index contributed by atoms with van der Waals surface area (Å²) in [6.07, 6.45) is 0.237. The highest BCUT2D eigenvalue weighted by atomic mass is 35.5. The van der Waals surface area contributed by atoms with Crippen molar-refractivity contribution in [3.63, 3.8) is 0 Å². The molecule has 7 nitrogen and oxygen atoms in total. The van der Waals surface area contributed by atoms with Crippen LogP contribution in [-0.4, -0.2) is 43.3 Å². The SMILES string of the molecule is Cc1ccc(CN(C(=O)CN(c2cc(Cl)ccc2C)S(=O)(=O)c2ccc(C)cc2)C(Cc2ccccc2)C(=O)NC(C)(C)C)cc1. The molecule has 1 atom stereocenters. The Morgan fingerprint density at radius 3 is 1.98 bits per heavy atom. The van der Waals surface area contributed by atoms with Crippen LogP contribution >= 0.6 is 11.6 Å². The predicted molar refractivity (Wildman–Crippen MR) is 185 cm³/mol. The van der Waals surface area contributed by atoms with Crippen LogP contribution in [0.1, 0.15) is 48.6 Å². The lowest BCUT2D eigenvalue weighted by Crippen LogP contribution is -2.56. The quantitative estimate of drug-likeness (QED) is 0.188. The van der Waals surface area contributed by atoms with Crippen LogP contribution in [0.4, 0.5) is 5.69 Å². The second-order valence-corrected chi connectivity index (χ2v) is 15.0. The lowest BCUT2D eigenvalue weighted by molar-refractivity contribution is -0.140. The van der Waals surface area contributed by atoms with Gasteiger partial charge in [0.1, 0.15) is 12.6 Å². The highest BCUT2D eigenvalue weighted by molar-refractivity contribution is 7.92. The van der Waals surface area contributed by atoms with Gasteiger partial charge in [-0.05, 0) is 82.5 Å². The fourth-order valence-electron chi connectivity index (χ4n) is 5.10. The predicted octanol–water partition coefficient (Wildman–Crippen LogP) is 7.02. The molecule has 0 aliphatic carbocycles. The summed E-state index contributed by atoms with van der Waals surface area (Å²) in [5, 5.41) is 3.38. The Morgan fingerprint density at radius 2 is 1.39 bits per heavy atom. The average Bonchev–Trinajstić information content (AvgIpc) is 2.99. The first kappa shape index (κ1) is 34.7. The lowest BCUT2D eigenvalue weighted by atomic mass is 10.0. The van der Waals surface area contributed by atoms with Gasteiger partial charge in [0.05, 0.1) is 10.6 Å². The van der Waals surface area contributed by atoms with Crippen LogP contribution in [0.3, 0.4) is 0 Å². The van der Waals surface area contributed by atoms with Crippen LogP contribution in [0.2, 0.25) is 5.02 Å². The molecule has 0 radical (unpaired) electrons. The van der Waals surface area contributed by atoms with Gasteiger partial charge in [0, 0.05) is 23.5 Å². The molecule has 0 aliphatic heterocycles. The van der Waals surface area contributed by atoms with Crippen molar-refractivity contribution in [3.8, 4) is 0 Å². The third kappa shape index (κ3) is 8.98. The molecule has 242 valence electrons. The number of hydrogen-bond donors (Lipinski definition) is 1. The second kappa shape index (κ2) is 14.5. The minimum absolute atomic E-state index is 0.0432. The van der Waals surface area contributed by atoms with Crippen molar-refractivity contribution in [2.45, 2.75) is 71.0 Å². The van der Waals surface area contributed by atoms with Crippen LogP contribution in [0.25, 0.3) is 0 Å². The fourth-order valence-corrected chi connectivity index (χ4v) is 6.74. The Labute approximate surface area is 278 Å². The first-order chi connectivity index (χ1) is 21.6. The van der Waals surface area contributed by atoms with Crippen molar-refractivity contribution in [1.82, 2.24) is 10.2 Å². The molecule has 0 spiro atoms. The van der Waals surface area contributed by atoms with Crippen LogP contribution < -0.4 is 9.62 Å². The van der Waals surface area contributed by atoms with E-state index < -0.39 is 34.1 Å². The van der Waals surface area contributed by atoms with Crippen molar-refractivity contribution in [3.05, 3.63) is 130 Å². The molecule has 0 saturated heterocycles. The monoisotopic (exact) mass is 659 g/mol. The normalized spacial score (nSPS) is 12.3. The van der Waals surface area contributed by atoms with Crippen molar-refractivity contribution in [2.75, 3.05) is 10.8 Å². The van der Waals surface area contributed by atoms with Crippen LogP contribution in [0, 0.1) is 20.8 Å². The summed E-state index contributed by atoms with van der Waals surface area (Å²) in [5.74, 6) is -0.857. The van der Waals surface area contributed by atoms with E-state index in [9.17, 15) is 18.0 Å². The van der Waals surface area contributed by atoms with Crippen molar-refractivity contribution < 1.29 is 18.0 Å². The topological polar surface area (TPSA) is 86.8 Å². The number of hydrogen-bond acceptors (Lipinski definition) is 4. The Morgan fingerprint density at radius 1 is 0.804 bits per heavy atom. The maximum Gasteiger partial charge on any atom is 0.264 e. The Bertz CT molecular complexity index is 1770. The zero-order valence-electron chi connectivity index (χ0n) is 27.2. The summed E-state index contributed by atoms with van der Waals surface area (Å²) in [6, 6.07) is 27.7. The number of amides is 2. The number of aryl methyl sites for hydroxylation is 3. The molecule has 46 heavy (non-hydrogen) atoms. The van der Waals surface area contributed by atoms with E-state index >= 15 is 0 Å². The smallest absolute Gasteiger partial charge is 0.264 e. The van der Waals surface area contributed by atoms with Gasteiger partial charge in [-0.1, -0.05) is 95.5 Å². The molecule has 2 amide bonds. The zero-order valence-corrected chi connectivity index (χ0v) is 28.8. The number of anilines is 1. The van der Waals surface area contributed by atoms with E-state index in [0.717, 1.165) is 26.6 Å². The molecule has 0 aromatic heterocycles. The number of benzene rings is 4. The Balaban J connectivity index is 1.84. The first-order valence-electron chi connectivity index (χ1n) is 15.2. The molecule has 1 N–H and O–H groups in total. The molecule has 4 aromatic carbocycles. The summed E-state index contributed by atoms with van der Waals surface area (Å²) >= 11 is 6.37. The molecule has 0 bridgehead atoms. The molecule has 0 fully saturated rings. The van der Waals surface area contributed by atoms with Crippen molar-refractivity contribution in [2.24, 2.45) is 0 Å². The summed E-state index contributed by atoms with van der Waals surface area (Å²) < 4.78 is 29.7. The molecule has 0 heterocycles. The number of halogens is 1. The van der Waals surface area contributed by atoms with Gasteiger partial charge in [0.15, 0.2) is 0 Å². The molecule has 9 heteroatoms. The minimum atomic E-state index is -4.22. The van der Waals surface area contributed by atoms with Gasteiger partial charge in [-0.15, -0.1) is 0 Å². The summed E-state index contributed by atoms with van der Waals surface area (Å²) in [7, 11) is -4.22. The minimum Gasteiger partial charge on any atom is -0.350 e. The average molecular weight is 660 g/mol. The van der Waals surface area contributed by atoms with E-state index in [-0.39, 0.29) is 29.5 Å². The summed E-state index contributed by atoms with van der Waals surface area (Å²) in [6.45, 7) is 10.8. The summed E-state index contributed by atoms with van der Waals surface area (Å²) in [5.41, 5.74) is 3.99. The van der Waals surface area contributed by atoms with E-state index in [1.54, 1.807) is 37.3 Å². The standard InChI is InChI=1S/C37H42ClN3O4S/c1-26-12-17-30(18-13-26)24-40(34(36(43)39-37(4,5)6)22-29-10-8-7-9-11-29)35(42)25-41(33-23-31(38)19-16-28(33)3)46(44,45)32-20-14-27(2)15-21-32/h7-21,23,34H,22,24-25H2,1-6H3,(H,39,43). The van der Waals surface area contributed by atoms with Crippen LogP contribution in [0.5, 0.6) is 0 Å². The third-order valence-corrected chi connectivity index (χ3v) is 9.58. The third-order valence-electron chi connectivity index (χ3n) is 7.57. The zero-order chi connectivity index (χ0) is 33.6. The summed E-state index contributed by atoms with van der Waals surface area (Å²) in [4.78, 5) is 30.2. The highest BCUT2D eigenvalue weighted by Crippen LogP contribution is 2.30. The van der Waals surface area contributed by atoms with E-state index in [1.165, 1.54) is 17.0 Å². The fraction of sp³-hybridized carbons (Fsp3) is 0.297. The van der Waals surface area contributed by atoms with Crippen molar-refractivity contribution in [1.29, 1.82) is 0 Å². The van der Waals surface area contributed by atoms with Gasteiger partial charge in [0.25, 0.3) is 10.0 Å². The van der Waals surface area contributed by atoms with E-state index in [4.69, 9.17) is 11.6 Å².